The van der Waals surface area contributed by atoms with Crippen molar-refractivity contribution in [3.63, 3.8) is 0 Å². The zero-order valence-corrected chi connectivity index (χ0v) is 13.7. The summed E-state index contributed by atoms with van der Waals surface area (Å²) >= 11 is 0. The van der Waals surface area contributed by atoms with E-state index in [0.29, 0.717) is 6.07 Å². The molecule has 1 aliphatic heterocycles. The highest BCUT2D eigenvalue weighted by Gasteiger charge is 2.25. The van der Waals surface area contributed by atoms with Gasteiger partial charge in [0, 0.05) is 43.9 Å². The van der Waals surface area contributed by atoms with Crippen molar-refractivity contribution in [3.8, 4) is 0 Å². The Morgan fingerprint density at radius 2 is 1.68 bits per heavy atom. The third-order valence-electron chi connectivity index (χ3n) is 4.07. The lowest BCUT2D eigenvalue weighted by Crippen LogP contribution is -2.45. The molecular weight excluding hydrogens is 313 g/mol. The van der Waals surface area contributed by atoms with Crippen LogP contribution in [-0.4, -0.2) is 31.1 Å². The molecule has 0 bridgehead atoms. The summed E-state index contributed by atoms with van der Waals surface area (Å²) in [7, 11) is 0. The number of piperazine rings is 1. The van der Waals surface area contributed by atoms with Gasteiger partial charge in [-0.3, -0.25) is 4.90 Å². The molecule has 0 unspecified atom stereocenters. The molecule has 1 atom stereocenters. The lowest BCUT2D eigenvalue weighted by molar-refractivity contribution is 0.159. The fraction of sp³-hybridized carbons (Fsp3) is 0.625. The smallest absolute Gasteiger partial charge is 0.161 e. The van der Waals surface area contributed by atoms with Gasteiger partial charge in [-0.05, 0) is 12.5 Å². The van der Waals surface area contributed by atoms with Gasteiger partial charge in [-0.25, -0.2) is 13.2 Å². The van der Waals surface area contributed by atoms with E-state index in [4.69, 9.17) is 0 Å². The molecule has 1 aromatic carbocycles. The van der Waals surface area contributed by atoms with Gasteiger partial charge in [0.2, 0.25) is 0 Å². The van der Waals surface area contributed by atoms with E-state index in [-0.39, 0.29) is 24.0 Å². The lowest BCUT2D eigenvalue weighted by atomic mass is 9.97. The van der Waals surface area contributed by atoms with Crippen LogP contribution < -0.4 is 5.32 Å². The first kappa shape index (κ1) is 19.3. The van der Waals surface area contributed by atoms with Crippen LogP contribution in [0.1, 0.15) is 44.2 Å². The zero-order valence-electron chi connectivity index (χ0n) is 12.9. The van der Waals surface area contributed by atoms with Crippen molar-refractivity contribution in [3.05, 3.63) is 35.1 Å². The van der Waals surface area contributed by atoms with Gasteiger partial charge in [-0.2, -0.15) is 0 Å². The molecule has 0 amide bonds. The van der Waals surface area contributed by atoms with Gasteiger partial charge in [-0.1, -0.05) is 26.2 Å². The van der Waals surface area contributed by atoms with Crippen LogP contribution in [0.4, 0.5) is 13.2 Å². The van der Waals surface area contributed by atoms with Gasteiger partial charge in [0.25, 0.3) is 0 Å². The summed E-state index contributed by atoms with van der Waals surface area (Å²) in [5.41, 5.74) is 0.284. The highest BCUT2D eigenvalue weighted by molar-refractivity contribution is 5.85. The van der Waals surface area contributed by atoms with E-state index < -0.39 is 17.5 Å². The normalized spacial score (nSPS) is 17.1. The third kappa shape index (κ3) is 4.86. The van der Waals surface area contributed by atoms with Crippen molar-refractivity contribution >= 4 is 12.4 Å². The van der Waals surface area contributed by atoms with E-state index in [2.05, 4.69) is 17.1 Å². The molecule has 0 aliphatic carbocycles. The van der Waals surface area contributed by atoms with Crippen LogP contribution in [0.5, 0.6) is 0 Å². The molecule has 0 radical (unpaired) electrons. The second kappa shape index (κ2) is 9.38. The summed E-state index contributed by atoms with van der Waals surface area (Å²) in [6, 6.07) is 1.52. The molecule has 2 rings (SSSR count). The molecule has 1 aliphatic rings. The van der Waals surface area contributed by atoms with Gasteiger partial charge >= 0.3 is 0 Å². The number of halogens is 4. The molecule has 0 aromatic heterocycles. The molecule has 1 heterocycles. The van der Waals surface area contributed by atoms with E-state index in [0.717, 1.165) is 57.9 Å². The SMILES string of the molecule is CCCCC[C@H](c1cc(F)c(F)cc1F)N1CCNCC1.Cl. The highest BCUT2D eigenvalue weighted by atomic mass is 35.5. The number of unbranched alkanes of at least 4 members (excludes halogenated alkanes) is 2. The Kier molecular flexibility index (Phi) is 8.21. The topological polar surface area (TPSA) is 15.3 Å². The summed E-state index contributed by atoms with van der Waals surface area (Å²) in [4.78, 5) is 2.17. The van der Waals surface area contributed by atoms with Gasteiger partial charge in [-0.15, -0.1) is 12.4 Å². The second-order valence-electron chi connectivity index (χ2n) is 5.59. The lowest BCUT2D eigenvalue weighted by Gasteiger charge is -2.35. The zero-order chi connectivity index (χ0) is 15.2. The standard InChI is InChI=1S/C16H23F3N2.ClH/c1-2-3-4-5-16(21-8-6-20-7-9-21)12-10-14(18)15(19)11-13(12)17;/h10-11,16,20H,2-9H2,1H3;1H/t16-;/m1./s1. The minimum Gasteiger partial charge on any atom is -0.314 e. The number of hydrogen-bond acceptors (Lipinski definition) is 2. The molecule has 0 saturated carbocycles. The minimum absolute atomic E-state index is 0. The van der Waals surface area contributed by atoms with Crippen molar-refractivity contribution in [1.82, 2.24) is 10.2 Å². The molecular formula is C16H24ClF3N2. The summed E-state index contributed by atoms with van der Waals surface area (Å²) < 4.78 is 40.7. The summed E-state index contributed by atoms with van der Waals surface area (Å²) in [5, 5.41) is 3.25. The van der Waals surface area contributed by atoms with Gasteiger partial charge < -0.3 is 5.32 Å². The van der Waals surface area contributed by atoms with E-state index in [1.165, 1.54) is 0 Å². The third-order valence-corrected chi connectivity index (χ3v) is 4.07. The average Bonchev–Trinajstić information content (AvgIpc) is 2.49. The van der Waals surface area contributed by atoms with Crippen molar-refractivity contribution < 1.29 is 13.2 Å². The van der Waals surface area contributed by atoms with Crippen molar-refractivity contribution in [2.24, 2.45) is 0 Å². The Morgan fingerprint density at radius 1 is 1.05 bits per heavy atom. The van der Waals surface area contributed by atoms with Crippen molar-refractivity contribution in [1.29, 1.82) is 0 Å². The summed E-state index contributed by atoms with van der Waals surface area (Å²) in [5.74, 6) is -2.74. The van der Waals surface area contributed by atoms with Crippen LogP contribution in [0, 0.1) is 17.5 Å². The Balaban J connectivity index is 0.00000242. The average molecular weight is 337 g/mol. The molecule has 1 N–H and O–H groups in total. The number of nitrogens with one attached hydrogen (secondary N) is 1. The maximum absolute atomic E-state index is 14.1. The monoisotopic (exact) mass is 336 g/mol. The van der Waals surface area contributed by atoms with Crippen LogP contribution in [-0.2, 0) is 0 Å². The van der Waals surface area contributed by atoms with Crippen LogP contribution in [0.15, 0.2) is 12.1 Å². The van der Waals surface area contributed by atoms with Crippen LogP contribution in [0.25, 0.3) is 0 Å². The fourth-order valence-electron chi connectivity index (χ4n) is 2.91. The molecule has 2 nitrogen and oxygen atoms in total. The number of benzene rings is 1. The quantitative estimate of drug-likeness (QED) is 0.622. The van der Waals surface area contributed by atoms with Crippen LogP contribution in [0.2, 0.25) is 0 Å². The van der Waals surface area contributed by atoms with E-state index >= 15 is 0 Å². The largest absolute Gasteiger partial charge is 0.314 e. The minimum atomic E-state index is -1.12. The van der Waals surface area contributed by atoms with Gasteiger partial charge in [0.05, 0.1) is 0 Å². The maximum Gasteiger partial charge on any atom is 0.161 e. The van der Waals surface area contributed by atoms with E-state index in [1.54, 1.807) is 0 Å². The molecule has 0 spiro atoms. The molecule has 1 fully saturated rings. The first-order valence-electron chi connectivity index (χ1n) is 7.72. The van der Waals surface area contributed by atoms with E-state index in [1.807, 2.05) is 0 Å². The van der Waals surface area contributed by atoms with Crippen LogP contribution in [0.3, 0.4) is 0 Å². The fourth-order valence-corrected chi connectivity index (χ4v) is 2.91. The summed E-state index contributed by atoms with van der Waals surface area (Å²) in [6.45, 7) is 5.40. The Bertz CT molecular complexity index is 465. The van der Waals surface area contributed by atoms with Crippen molar-refractivity contribution in [2.45, 2.75) is 38.6 Å². The number of nitrogens with zero attached hydrogens (tertiary/aromatic N) is 1. The first-order chi connectivity index (χ1) is 10.1. The van der Waals surface area contributed by atoms with Gasteiger partial charge in [0.1, 0.15) is 5.82 Å². The Morgan fingerprint density at radius 3 is 2.32 bits per heavy atom. The van der Waals surface area contributed by atoms with E-state index in [9.17, 15) is 13.2 Å². The predicted molar refractivity (Wildman–Crippen MR) is 84.9 cm³/mol. The number of rotatable bonds is 6. The molecule has 1 aromatic rings. The Hall–Kier alpha value is -0.780. The van der Waals surface area contributed by atoms with Crippen molar-refractivity contribution in [2.75, 3.05) is 26.2 Å². The van der Waals surface area contributed by atoms with Crippen LogP contribution >= 0.6 is 12.4 Å². The molecule has 1 saturated heterocycles. The summed E-state index contributed by atoms with van der Waals surface area (Å²) in [6.07, 6.45) is 3.88. The highest BCUT2D eigenvalue weighted by Crippen LogP contribution is 2.30. The predicted octanol–water partition coefficient (Wildman–Crippen LogP) is 4.05. The molecule has 126 valence electrons. The number of hydrogen-bond donors (Lipinski definition) is 1. The molecule has 22 heavy (non-hydrogen) atoms. The van der Waals surface area contributed by atoms with Gasteiger partial charge in [0.15, 0.2) is 11.6 Å². The Labute approximate surface area is 136 Å². The second-order valence-corrected chi connectivity index (χ2v) is 5.59. The first-order valence-corrected chi connectivity index (χ1v) is 7.72. The molecule has 6 heteroatoms. The maximum atomic E-state index is 14.1.